The molecule has 0 spiro atoms. The van der Waals surface area contributed by atoms with Crippen LogP contribution in [0.1, 0.15) is 16.7 Å². The minimum atomic E-state index is 0.580. The number of aryl methyl sites for hydroxylation is 1. The SMILES string of the molecule is COc1ccc(C=C=Cc2ccc(C)cc2)c(OC)c1OC. The van der Waals surface area contributed by atoms with E-state index in [1.807, 2.05) is 24.3 Å². The third-order valence-corrected chi connectivity index (χ3v) is 3.30. The lowest BCUT2D eigenvalue weighted by molar-refractivity contribution is 0.324. The Hall–Kier alpha value is -2.64. The highest BCUT2D eigenvalue weighted by molar-refractivity contribution is 5.68. The Morgan fingerprint density at radius 1 is 0.773 bits per heavy atom. The van der Waals surface area contributed by atoms with Gasteiger partial charge >= 0.3 is 0 Å². The van der Waals surface area contributed by atoms with Crippen LogP contribution in [0, 0.1) is 6.92 Å². The highest BCUT2D eigenvalue weighted by Gasteiger charge is 2.13. The van der Waals surface area contributed by atoms with Gasteiger partial charge in [-0.1, -0.05) is 29.8 Å². The van der Waals surface area contributed by atoms with Crippen LogP contribution in [-0.2, 0) is 0 Å². The lowest BCUT2D eigenvalue weighted by Crippen LogP contribution is -1.96. The van der Waals surface area contributed by atoms with E-state index in [-0.39, 0.29) is 0 Å². The third-order valence-electron chi connectivity index (χ3n) is 3.30. The van der Waals surface area contributed by atoms with Gasteiger partial charge in [0.25, 0.3) is 0 Å². The predicted molar refractivity (Wildman–Crippen MR) is 89.7 cm³/mol. The van der Waals surface area contributed by atoms with Gasteiger partial charge in [0.15, 0.2) is 11.5 Å². The van der Waals surface area contributed by atoms with Gasteiger partial charge in [0.1, 0.15) is 0 Å². The van der Waals surface area contributed by atoms with E-state index in [4.69, 9.17) is 14.2 Å². The van der Waals surface area contributed by atoms with Crippen LogP contribution in [0.3, 0.4) is 0 Å². The van der Waals surface area contributed by atoms with E-state index in [2.05, 4.69) is 36.9 Å². The molecule has 0 radical (unpaired) electrons. The number of hydrogen-bond donors (Lipinski definition) is 0. The lowest BCUT2D eigenvalue weighted by atomic mass is 10.1. The largest absolute Gasteiger partial charge is 0.493 e. The average Bonchev–Trinajstić information content (AvgIpc) is 2.55. The molecule has 0 aliphatic carbocycles. The van der Waals surface area contributed by atoms with E-state index >= 15 is 0 Å². The maximum atomic E-state index is 5.44. The highest BCUT2D eigenvalue weighted by Crippen LogP contribution is 2.40. The van der Waals surface area contributed by atoms with Crippen molar-refractivity contribution < 1.29 is 14.2 Å². The molecule has 3 nitrogen and oxygen atoms in total. The molecule has 2 rings (SSSR count). The highest BCUT2D eigenvalue weighted by atomic mass is 16.5. The topological polar surface area (TPSA) is 27.7 Å². The summed E-state index contributed by atoms with van der Waals surface area (Å²) in [5.41, 5.74) is 6.39. The second-order valence-corrected chi connectivity index (χ2v) is 4.79. The first-order valence-electron chi connectivity index (χ1n) is 6.97. The quantitative estimate of drug-likeness (QED) is 0.768. The molecule has 0 aromatic heterocycles. The molecule has 0 aliphatic heterocycles. The van der Waals surface area contributed by atoms with Gasteiger partial charge in [-0.25, -0.2) is 0 Å². The normalized spacial score (nSPS) is 9.64. The van der Waals surface area contributed by atoms with Crippen LogP contribution in [0.4, 0.5) is 0 Å². The number of methoxy groups -OCH3 is 3. The average molecular weight is 296 g/mol. The van der Waals surface area contributed by atoms with E-state index in [1.54, 1.807) is 21.3 Å². The molecular weight excluding hydrogens is 276 g/mol. The van der Waals surface area contributed by atoms with Crippen molar-refractivity contribution in [2.24, 2.45) is 0 Å². The zero-order valence-corrected chi connectivity index (χ0v) is 13.3. The van der Waals surface area contributed by atoms with Crippen LogP contribution in [0.15, 0.2) is 42.1 Å². The lowest BCUT2D eigenvalue weighted by Gasteiger charge is -2.13. The van der Waals surface area contributed by atoms with Crippen molar-refractivity contribution in [1.82, 2.24) is 0 Å². The zero-order chi connectivity index (χ0) is 15.9. The van der Waals surface area contributed by atoms with Gasteiger partial charge in [0.05, 0.1) is 21.3 Å². The Kier molecular flexibility index (Phi) is 5.29. The Morgan fingerprint density at radius 3 is 2.05 bits per heavy atom. The second-order valence-electron chi connectivity index (χ2n) is 4.79. The van der Waals surface area contributed by atoms with E-state index in [9.17, 15) is 0 Å². The molecule has 22 heavy (non-hydrogen) atoms. The predicted octanol–water partition coefficient (Wildman–Crippen LogP) is 4.35. The summed E-state index contributed by atoms with van der Waals surface area (Å²) < 4.78 is 16.1. The van der Waals surface area contributed by atoms with Crippen molar-refractivity contribution in [3.05, 3.63) is 58.8 Å². The Morgan fingerprint density at radius 2 is 1.45 bits per heavy atom. The molecule has 0 heterocycles. The van der Waals surface area contributed by atoms with Gasteiger partial charge in [-0.15, -0.1) is 5.73 Å². The standard InChI is InChI=1S/C19H20O3/c1-14-8-10-15(11-9-14)6-5-7-16-12-13-17(20-2)19(22-4)18(16)21-3/h6-13H,1-4H3. The van der Waals surface area contributed by atoms with Crippen LogP contribution in [0.2, 0.25) is 0 Å². The fourth-order valence-electron chi connectivity index (χ4n) is 2.13. The Bertz CT molecular complexity index is 693. The van der Waals surface area contributed by atoms with Crippen molar-refractivity contribution in [2.75, 3.05) is 21.3 Å². The Balaban J connectivity index is 2.36. The zero-order valence-electron chi connectivity index (χ0n) is 13.3. The summed E-state index contributed by atoms with van der Waals surface area (Å²) in [6.07, 6.45) is 3.79. The smallest absolute Gasteiger partial charge is 0.203 e. The molecule has 0 saturated carbocycles. The first-order valence-corrected chi connectivity index (χ1v) is 6.97. The van der Waals surface area contributed by atoms with Gasteiger partial charge in [-0.2, -0.15) is 0 Å². The van der Waals surface area contributed by atoms with Crippen LogP contribution in [0.25, 0.3) is 12.2 Å². The van der Waals surface area contributed by atoms with Gasteiger partial charge in [0.2, 0.25) is 5.75 Å². The van der Waals surface area contributed by atoms with Crippen LogP contribution in [0.5, 0.6) is 17.2 Å². The van der Waals surface area contributed by atoms with Crippen molar-refractivity contribution in [3.63, 3.8) is 0 Å². The summed E-state index contributed by atoms with van der Waals surface area (Å²) in [5.74, 6) is 1.85. The van der Waals surface area contributed by atoms with Crippen LogP contribution >= 0.6 is 0 Å². The van der Waals surface area contributed by atoms with Crippen LogP contribution < -0.4 is 14.2 Å². The summed E-state index contributed by atoms with van der Waals surface area (Å²) in [5, 5.41) is 0. The molecule has 0 bridgehead atoms. The number of rotatable bonds is 5. The van der Waals surface area contributed by atoms with Crippen molar-refractivity contribution in [1.29, 1.82) is 0 Å². The summed E-state index contributed by atoms with van der Waals surface area (Å²) in [4.78, 5) is 0. The molecule has 0 atom stereocenters. The van der Waals surface area contributed by atoms with Gasteiger partial charge in [-0.05, 0) is 36.8 Å². The number of hydrogen-bond acceptors (Lipinski definition) is 3. The van der Waals surface area contributed by atoms with E-state index in [1.165, 1.54) is 5.56 Å². The first kappa shape index (κ1) is 15.7. The van der Waals surface area contributed by atoms with Gasteiger partial charge < -0.3 is 14.2 Å². The first-order chi connectivity index (χ1) is 10.7. The third kappa shape index (κ3) is 3.51. The van der Waals surface area contributed by atoms with Crippen molar-refractivity contribution in [3.8, 4) is 17.2 Å². The molecule has 0 amide bonds. The van der Waals surface area contributed by atoms with E-state index in [0.29, 0.717) is 17.2 Å². The molecule has 0 fully saturated rings. The molecular formula is C19H20O3. The molecule has 0 unspecified atom stereocenters. The van der Waals surface area contributed by atoms with Crippen molar-refractivity contribution >= 4 is 12.2 Å². The Labute approximate surface area is 131 Å². The monoisotopic (exact) mass is 296 g/mol. The summed E-state index contributed by atoms with van der Waals surface area (Å²) in [7, 11) is 4.80. The van der Waals surface area contributed by atoms with Gasteiger partial charge in [-0.3, -0.25) is 0 Å². The second kappa shape index (κ2) is 7.39. The molecule has 0 N–H and O–H groups in total. The van der Waals surface area contributed by atoms with Crippen molar-refractivity contribution in [2.45, 2.75) is 6.92 Å². The molecule has 0 saturated heterocycles. The molecule has 114 valence electrons. The van der Waals surface area contributed by atoms with Crippen LogP contribution in [-0.4, -0.2) is 21.3 Å². The summed E-state index contributed by atoms with van der Waals surface area (Å²) in [6, 6.07) is 12.0. The fourth-order valence-corrected chi connectivity index (χ4v) is 2.13. The van der Waals surface area contributed by atoms with E-state index in [0.717, 1.165) is 11.1 Å². The number of benzene rings is 2. The summed E-state index contributed by atoms with van der Waals surface area (Å²) in [6.45, 7) is 2.07. The maximum Gasteiger partial charge on any atom is 0.203 e. The van der Waals surface area contributed by atoms with E-state index < -0.39 is 0 Å². The van der Waals surface area contributed by atoms with Gasteiger partial charge in [0, 0.05) is 5.56 Å². The fraction of sp³-hybridized carbons (Fsp3) is 0.211. The molecule has 2 aromatic carbocycles. The number of ether oxygens (including phenoxy) is 3. The summed E-state index contributed by atoms with van der Waals surface area (Å²) >= 11 is 0. The maximum absolute atomic E-state index is 5.44. The minimum absolute atomic E-state index is 0.580. The molecule has 2 aromatic rings. The molecule has 0 aliphatic rings. The molecule has 3 heteroatoms. The minimum Gasteiger partial charge on any atom is -0.493 e.